The Labute approximate surface area is 162 Å². The van der Waals surface area contributed by atoms with Gasteiger partial charge in [0.05, 0.1) is 18.5 Å². The molecule has 8 heteroatoms. The third-order valence-electron chi connectivity index (χ3n) is 4.23. The summed E-state index contributed by atoms with van der Waals surface area (Å²) in [6.45, 7) is 0.282. The molecule has 1 heterocycles. The minimum absolute atomic E-state index is 0.0425. The van der Waals surface area contributed by atoms with Gasteiger partial charge in [-0.05, 0) is 30.7 Å². The van der Waals surface area contributed by atoms with Crippen molar-refractivity contribution in [3.8, 4) is 5.75 Å². The molecule has 0 bridgehead atoms. The molecular weight excluding hydrogens is 360 g/mol. The minimum atomic E-state index is -0.365. The standard InChI is InChI=1S/C20H22N4O4/c1-28-15-7-4-6-14(12-15)22-18(25)10-5-11-21-20(27)24-13-19(26)23-16-8-2-3-9-17(16)24/h2-4,6-9,12H,5,10-11,13H2,1H3,(H,21,27)(H,22,25)(H,23,26). The van der Waals surface area contributed by atoms with Crippen LogP contribution in [0.15, 0.2) is 48.5 Å². The molecule has 0 aromatic heterocycles. The number of urea groups is 1. The van der Waals surface area contributed by atoms with Gasteiger partial charge in [0.25, 0.3) is 0 Å². The number of ether oxygens (including phenoxy) is 1. The van der Waals surface area contributed by atoms with Crippen molar-refractivity contribution in [2.24, 2.45) is 0 Å². The Morgan fingerprint density at radius 1 is 1.18 bits per heavy atom. The lowest BCUT2D eigenvalue weighted by molar-refractivity contribution is -0.116. The van der Waals surface area contributed by atoms with Gasteiger partial charge >= 0.3 is 6.03 Å². The molecule has 0 atom stereocenters. The first-order valence-electron chi connectivity index (χ1n) is 8.95. The van der Waals surface area contributed by atoms with E-state index in [2.05, 4.69) is 16.0 Å². The monoisotopic (exact) mass is 382 g/mol. The van der Waals surface area contributed by atoms with Crippen LogP contribution in [0.25, 0.3) is 0 Å². The summed E-state index contributed by atoms with van der Waals surface area (Å²) in [6, 6.07) is 13.9. The van der Waals surface area contributed by atoms with Gasteiger partial charge in [0.1, 0.15) is 12.3 Å². The fraction of sp³-hybridized carbons (Fsp3) is 0.250. The van der Waals surface area contributed by atoms with Crippen LogP contribution in [0, 0.1) is 0 Å². The van der Waals surface area contributed by atoms with E-state index in [4.69, 9.17) is 4.74 Å². The molecular formula is C20H22N4O4. The molecule has 3 rings (SSSR count). The molecule has 0 spiro atoms. The quantitative estimate of drug-likeness (QED) is 0.669. The van der Waals surface area contributed by atoms with Crippen LogP contribution in [0.4, 0.5) is 21.9 Å². The Morgan fingerprint density at radius 3 is 2.82 bits per heavy atom. The number of hydrogen-bond donors (Lipinski definition) is 3. The Hall–Kier alpha value is -3.55. The van der Waals surface area contributed by atoms with E-state index in [1.165, 1.54) is 4.90 Å². The zero-order valence-electron chi connectivity index (χ0n) is 15.5. The van der Waals surface area contributed by atoms with E-state index in [1.807, 2.05) is 0 Å². The molecule has 1 aliphatic heterocycles. The van der Waals surface area contributed by atoms with E-state index in [0.29, 0.717) is 35.8 Å². The van der Waals surface area contributed by atoms with Crippen LogP contribution in [-0.4, -0.2) is 38.0 Å². The maximum absolute atomic E-state index is 12.4. The minimum Gasteiger partial charge on any atom is -0.497 e. The van der Waals surface area contributed by atoms with Gasteiger partial charge < -0.3 is 20.7 Å². The molecule has 0 radical (unpaired) electrons. The number of para-hydroxylation sites is 2. The van der Waals surface area contributed by atoms with Crippen LogP contribution in [0.5, 0.6) is 5.75 Å². The van der Waals surface area contributed by atoms with Crippen LogP contribution in [-0.2, 0) is 9.59 Å². The van der Waals surface area contributed by atoms with Gasteiger partial charge in [0.15, 0.2) is 0 Å². The van der Waals surface area contributed by atoms with Crippen LogP contribution >= 0.6 is 0 Å². The van der Waals surface area contributed by atoms with E-state index < -0.39 is 0 Å². The summed E-state index contributed by atoms with van der Waals surface area (Å²) in [5.74, 6) is 0.271. The molecule has 2 aromatic rings. The number of carbonyl (C=O) groups excluding carboxylic acids is 3. The van der Waals surface area contributed by atoms with E-state index in [-0.39, 0.29) is 30.8 Å². The molecule has 8 nitrogen and oxygen atoms in total. The van der Waals surface area contributed by atoms with Gasteiger partial charge in [-0.1, -0.05) is 18.2 Å². The second kappa shape index (κ2) is 8.90. The molecule has 0 aliphatic carbocycles. The molecule has 0 unspecified atom stereocenters. The summed E-state index contributed by atoms with van der Waals surface area (Å²) in [4.78, 5) is 37.6. The molecule has 3 N–H and O–H groups in total. The summed E-state index contributed by atoms with van der Waals surface area (Å²) in [5.41, 5.74) is 1.91. The second-order valence-electron chi connectivity index (χ2n) is 6.27. The van der Waals surface area contributed by atoms with Gasteiger partial charge in [-0.15, -0.1) is 0 Å². The van der Waals surface area contributed by atoms with Gasteiger partial charge in [0.2, 0.25) is 11.8 Å². The highest BCUT2D eigenvalue weighted by molar-refractivity contribution is 6.09. The lowest BCUT2D eigenvalue weighted by Crippen LogP contribution is -2.47. The number of nitrogens with zero attached hydrogens (tertiary/aromatic N) is 1. The first-order valence-corrected chi connectivity index (χ1v) is 8.95. The van der Waals surface area contributed by atoms with Gasteiger partial charge in [-0.25, -0.2) is 4.79 Å². The van der Waals surface area contributed by atoms with Crippen LogP contribution in [0.1, 0.15) is 12.8 Å². The maximum Gasteiger partial charge on any atom is 0.322 e. The Morgan fingerprint density at radius 2 is 2.00 bits per heavy atom. The second-order valence-corrected chi connectivity index (χ2v) is 6.27. The molecule has 0 saturated carbocycles. The lowest BCUT2D eigenvalue weighted by Gasteiger charge is -2.29. The first-order chi connectivity index (χ1) is 13.6. The number of carbonyl (C=O) groups is 3. The van der Waals surface area contributed by atoms with Crippen molar-refractivity contribution in [1.82, 2.24) is 5.32 Å². The summed E-state index contributed by atoms with van der Waals surface area (Å²) < 4.78 is 5.12. The van der Waals surface area contributed by atoms with Crippen molar-refractivity contribution >= 4 is 34.9 Å². The van der Waals surface area contributed by atoms with Crippen LogP contribution in [0.2, 0.25) is 0 Å². The fourth-order valence-corrected chi connectivity index (χ4v) is 2.88. The van der Waals surface area contributed by atoms with E-state index in [9.17, 15) is 14.4 Å². The highest BCUT2D eigenvalue weighted by atomic mass is 16.5. The normalized spacial score (nSPS) is 12.6. The highest BCUT2D eigenvalue weighted by Crippen LogP contribution is 2.28. The van der Waals surface area contributed by atoms with Crippen molar-refractivity contribution in [3.05, 3.63) is 48.5 Å². The number of anilines is 3. The van der Waals surface area contributed by atoms with Gasteiger partial charge in [-0.3, -0.25) is 14.5 Å². The summed E-state index contributed by atoms with van der Waals surface area (Å²) in [5, 5.41) is 8.29. The summed E-state index contributed by atoms with van der Waals surface area (Å²) in [7, 11) is 1.56. The predicted octanol–water partition coefficient (Wildman–Crippen LogP) is 2.58. The largest absolute Gasteiger partial charge is 0.497 e. The third-order valence-corrected chi connectivity index (χ3v) is 4.23. The van der Waals surface area contributed by atoms with Crippen molar-refractivity contribution < 1.29 is 19.1 Å². The zero-order valence-corrected chi connectivity index (χ0v) is 15.5. The van der Waals surface area contributed by atoms with Crippen LogP contribution in [0.3, 0.4) is 0 Å². The molecule has 0 saturated heterocycles. The number of benzene rings is 2. The zero-order chi connectivity index (χ0) is 19.9. The molecule has 146 valence electrons. The maximum atomic E-state index is 12.4. The number of nitrogens with one attached hydrogen (secondary N) is 3. The summed E-state index contributed by atoms with van der Waals surface area (Å²) in [6.07, 6.45) is 0.734. The van der Waals surface area contributed by atoms with Gasteiger partial charge in [0, 0.05) is 24.7 Å². The Balaban J connectivity index is 1.45. The molecule has 1 aliphatic rings. The van der Waals surface area contributed by atoms with Crippen LogP contribution < -0.4 is 25.6 Å². The Kier molecular flexibility index (Phi) is 6.11. The van der Waals surface area contributed by atoms with Gasteiger partial charge in [-0.2, -0.15) is 0 Å². The Bertz CT molecular complexity index is 884. The average molecular weight is 382 g/mol. The number of amides is 4. The molecule has 4 amide bonds. The fourth-order valence-electron chi connectivity index (χ4n) is 2.88. The molecule has 2 aromatic carbocycles. The van der Waals surface area contributed by atoms with Crippen molar-refractivity contribution in [2.45, 2.75) is 12.8 Å². The van der Waals surface area contributed by atoms with E-state index >= 15 is 0 Å². The highest BCUT2D eigenvalue weighted by Gasteiger charge is 2.26. The smallest absolute Gasteiger partial charge is 0.322 e. The average Bonchev–Trinajstić information content (AvgIpc) is 2.70. The molecule has 28 heavy (non-hydrogen) atoms. The number of methoxy groups -OCH3 is 1. The number of hydrogen-bond acceptors (Lipinski definition) is 4. The van der Waals surface area contributed by atoms with Crippen molar-refractivity contribution in [3.63, 3.8) is 0 Å². The SMILES string of the molecule is COc1cccc(NC(=O)CCCNC(=O)N2CC(=O)Nc3ccccc32)c1. The topological polar surface area (TPSA) is 99.8 Å². The van der Waals surface area contributed by atoms with E-state index in [1.54, 1.807) is 55.6 Å². The number of fused-ring (bicyclic) bond motifs is 1. The third kappa shape index (κ3) is 4.79. The summed E-state index contributed by atoms with van der Waals surface area (Å²) >= 11 is 0. The molecule has 0 fully saturated rings. The van der Waals surface area contributed by atoms with E-state index in [0.717, 1.165) is 0 Å². The predicted molar refractivity (Wildman–Crippen MR) is 107 cm³/mol. The van der Waals surface area contributed by atoms with Crippen molar-refractivity contribution in [2.75, 3.05) is 35.7 Å². The first kappa shape index (κ1) is 19.2. The van der Waals surface area contributed by atoms with Crippen molar-refractivity contribution in [1.29, 1.82) is 0 Å². The number of rotatable bonds is 6. The lowest BCUT2D eigenvalue weighted by atomic mass is 10.2.